The number of aliphatic hydroxyl groups is 2. The number of hydrogen-bond acceptors (Lipinski definition) is 4. The first-order valence-corrected chi connectivity index (χ1v) is 6.74. The van der Waals surface area contributed by atoms with E-state index >= 15 is 0 Å². The van der Waals surface area contributed by atoms with Crippen molar-refractivity contribution in [1.29, 1.82) is 0 Å². The first kappa shape index (κ1) is 13.3. The third kappa shape index (κ3) is 3.19. The molecule has 4 nitrogen and oxygen atoms in total. The normalized spacial score (nSPS) is 40.4. The van der Waals surface area contributed by atoms with Crippen molar-refractivity contribution in [1.82, 2.24) is 4.90 Å². The van der Waals surface area contributed by atoms with E-state index in [0.29, 0.717) is 12.5 Å². The predicted molar refractivity (Wildman–Crippen MR) is 65.8 cm³/mol. The van der Waals surface area contributed by atoms with Crippen molar-refractivity contribution in [2.45, 2.75) is 32.3 Å². The van der Waals surface area contributed by atoms with Gasteiger partial charge in [0, 0.05) is 25.1 Å². The van der Waals surface area contributed by atoms with E-state index in [2.05, 4.69) is 11.8 Å². The number of rotatable bonds is 3. The van der Waals surface area contributed by atoms with Crippen LogP contribution >= 0.6 is 0 Å². The molecule has 3 atom stereocenters. The fourth-order valence-corrected chi connectivity index (χ4v) is 2.94. The van der Waals surface area contributed by atoms with E-state index in [9.17, 15) is 10.2 Å². The molecule has 17 heavy (non-hydrogen) atoms. The second-order valence-corrected chi connectivity index (χ2v) is 5.88. The third-order valence-electron chi connectivity index (χ3n) is 4.30. The molecule has 0 amide bonds. The van der Waals surface area contributed by atoms with Gasteiger partial charge in [-0.3, -0.25) is 0 Å². The van der Waals surface area contributed by atoms with Crippen molar-refractivity contribution in [2.75, 3.05) is 39.5 Å². The van der Waals surface area contributed by atoms with E-state index < -0.39 is 0 Å². The zero-order valence-electron chi connectivity index (χ0n) is 10.8. The lowest BCUT2D eigenvalue weighted by Gasteiger charge is -2.42. The van der Waals surface area contributed by atoms with E-state index in [0.717, 1.165) is 45.5 Å². The summed E-state index contributed by atoms with van der Waals surface area (Å²) in [6, 6.07) is 0. The molecule has 2 saturated heterocycles. The highest BCUT2D eigenvalue weighted by atomic mass is 16.5. The van der Waals surface area contributed by atoms with Crippen molar-refractivity contribution in [3.63, 3.8) is 0 Å². The summed E-state index contributed by atoms with van der Waals surface area (Å²) in [5, 5.41) is 19.5. The fourth-order valence-electron chi connectivity index (χ4n) is 2.94. The first-order chi connectivity index (χ1) is 8.15. The number of aliphatic hydroxyl groups excluding tert-OH is 2. The quantitative estimate of drug-likeness (QED) is 0.757. The smallest absolute Gasteiger partial charge is 0.0693 e. The van der Waals surface area contributed by atoms with Gasteiger partial charge < -0.3 is 19.8 Å². The average molecular weight is 243 g/mol. The minimum atomic E-state index is -0.219. The van der Waals surface area contributed by atoms with Crippen molar-refractivity contribution in [3.05, 3.63) is 0 Å². The molecule has 0 saturated carbocycles. The van der Waals surface area contributed by atoms with Crippen LogP contribution in [0.25, 0.3) is 0 Å². The molecule has 0 aromatic rings. The Kier molecular flexibility index (Phi) is 4.42. The summed E-state index contributed by atoms with van der Waals surface area (Å²) in [7, 11) is 0. The molecular weight excluding hydrogens is 218 g/mol. The molecule has 3 unspecified atom stereocenters. The van der Waals surface area contributed by atoms with Crippen LogP contribution < -0.4 is 0 Å². The minimum Gasteiger partial charge on any atom is -0.396 e. The lowest BCUT2D eigenvalue weighted by atomic mass is 9.82. The van der Waals surface area contributed by atoms with Gasteiger partial charge in [-0.25, -0.2) is 0 Å². The van der Waals surface area contributed by atoms with Gasteiger partial charge in [0.15, 0.2) is 0 Å². The topological polar surface area (TPSA) is 52.9 Å². The summed E-state index contributed by atoms with van der Waals surface area (Å²) in [5.41, 5.74) is -0.0987. The maximum atomic E-state index is 9.90. The maximum absolute atomic E-state index is 9.90. The molecule has 0 aromatic carbocycles. The fraction of sp³-hybridized carbons (Fsp3) is 1.00. The second kappa shape index (κ2) is 5.65. The lowest BCUT2D eigenvalue weighted by molar-refractivity contribution is -0.0696. The Morgan fingerprint density at radius 2 is 2.29 bits per heavy atom. The van der Waals surface area contributed by atoms with Gasteiger partial charge in [-0.2, -0.15) is 0 Å². The molecular formula is C13H25NO3. The van der Waals surface area contributed by atoms with Crippen LogP contribution in [-0.2, 0) is 4.74 Å². The Hall–Kier alpha value is -0.160. The number of piperidine rings is 1. The predicted octanol–water partition coefficient (Wildman–Crippen LogP) is 0.478. The molecule has 2 rings (SSSR count). The Morgan fingerprint density at radius 3 is 2.88 bits per heavy atom. The molecule has 0 aliphatic carbocycles. The molecule has 2 fully saturated rings. The van der Waals surface area contributed by atoms with Gasteiger partial charge >= 0.3 is 0 Å². The largest absolute Gasteiger partial charge is 0.396 e. The summed E-state index contributed by atoms with van der Waals surface area (Å²) in [4.78, 5) is 2.29. The molecule has 0 aromatic heterocycles. The standard InChI is InChI=1S/C13H25NO3/c1-11-3-5-14(7-12(11)16)8-13(9-15)4-2-6-17-10-13/h11-12,15-16H,2-10H2,1H3. The van der Waals surface area contributed by atoms with Gasteiger partial charge in [-0.1, -0.05) is 6.92 Å². The van der Waals surface area contributed by atoms with Gasteiger partial charge in [-0.15, -0.1) is 0 Å². The van der Waals surface area contributed by atoms with Gasteiger partial charge in [-0.05, 0) is 31.7 Å². The van der Waals surface area contributed by atoms with Crippen LogP contribution in [-0.4, -0.2) is 60.7 Å². The highest BCUT2D eigenvalue weighted by molar-refractivity contribution is 4.87. The zero-order chi connectivity index (χ0) is 12.3. The highest BCUT2D eigenvalue weighted by Gasteiger charge is 2.36. The van der Waals surface area contributed by atoms with Crippen LogP contribution in [0.2, 0.25) is 0 Å². The Morgan fingerprint density at radius 1 is 1.47 bits per heavy atom. The molecule has 2 heterocycles. The lowest BCUT2D eigenvalue weighted by Crippen LogP contribution is -2.51. The SMILES string of the molecule is CC1CCN(CC2(CO)CCCOC2)CC1O. The van der Waals surface area contributed by atoms with Crippen LogP contribution in [0.1, 0.15) is 26.2 Å². The van der Waals surface area contributed by atoms with E-state index in [1.54, 1.807) is 0 Å². The van der Waals surface area contributed by atoms with E-state index in [4.69, 9.17) is 4.74 Å². The van der Waals surface area contributed by atoms with Gasteiger partial charge in [0.05, 0.1) is 19.3 Å². The molecule has 2 aliphatic rings. The molecule has 2 N–H and O–H groups in total. The van der Waals surface area contributed by atoms with Crippen LogP contribution in [0.4, 0.5) is 0 Å². The van der Waals surface area contributed by atoms with Crippen LogP contribution in [0.15, 0.2) is 0 Å². The monoisotopic (exact) mass is 243 g/mol. The molecule has 100 valence electrons. The van der Waals surface area contributed by atoms with Crippen molar-refractivity contribution >= 4 is 0 Å². The van der Waals surface area contributed by atoms with Crippen LogP contribution in [0.5, 0.6) is 0 Å². The van der Waals surface area contributed by atoms with Gasteiger partial charge in [0.2, 0.25) is 0 Å². The Labute approximate surface area is 104 Å². The van der Waals surface area contributed by atoms with Crippen LogP contribution in [0.3, 0.4) is 0 Å². The van der Waals surface area contributed by atoms with Crippen molar-refractivity contribution < 1.29 is 14.9 Å². The summed E-state index contributed by atoms with van der Waals surface area (Å²) in [6.45, 7) is 6.39. The Bertz CT molecular complexity index is 241. The van der Waals surface area contributed by atoms with Gasteiger partial charge in [0.1, 0.15) is 0 Å². The van der Waals surface area contributed by atoms with Gasteiger partial charge in [0.25, 0.3) is 0 Å². The summed E-state index contributed by atoms with van der Waals surface area (Å²) < 4.78 is 5.52. The third-order valence-corrected chi connectivity index (χ3v) is 4.30. The number of nitrogens with zero attached hydrogens (tertiary/aromatic N) is 1. The summed E-state index contributed by atoms with van der Waals surface area (Å²) >= 11 is 0. The number of likely N-dealkylation sites (tertiary alicyclic amines) is 1. The Balaban J connectivity index is 1.90. The highest BCUT2D eigenvalue weighted by Crippen LogP contribution is 2.30. The number of ether oxygens (including phenoxy) is 1. The second-order valence-electron chi connectivity index (χ2n) is 5.88. The molecule has 0 spiro atoms. The summed E-state index contributed by atoms with van der Waals surface area (Å²) in [5.74, 6) is 0.402. The van der Waals surface area contributed by atoms with E-state index in [1.165, 1.54) is 0 Å². The number of hydrogen-bond donors (Lipinski definition) is 2. The molecule has 0 bridgehead atoms. The summed E-state index contributed by atoms with van der Waals surface area (Å²) in [6.07, 6.45) is 2.90. The number of β-amino-alcohol motifs (C(OH)–C–C–N with tert-alkyl or cyclic N) is 1. The zero-order valence-corrected chi connectivity index (χ0v) is 10.8. The van der Waals surface area contributed by atoms with Crippen molar-refractivity contribution in [3.8, 4) is 0 Å². The molecule has 0 radical (unpaired) electrons. The molecule has 4 heteroatoms. The van der Waals surface area contributed by atoms with Crippen LogP contribution in [0, 0.1) is 11.3 Å². The first-order valence-electron chi connectivity index (χ1n) is 6.74. The maximum Gasteiger partial charge on any atom is 0.0693 e. The van der Waals surface area contributed by atoms with E-state index in [-0.39, 0.29) is 18.1 Å². The minimum absolute atomic E-state index is 0.0987. The average Bonchev–Trinajstić information content (AvgIpc) is 2.35. The van der Waals surface area contributed by atoms with Crippen molar-refractivity contribution in [2.24, 2.45) is 11.3 Å². The molecule has 2 aliphatic heterocycles. The van der Waals surface area contributed by atoms with E-state index in [1.807, 2.05) is 0 Å².